The van der Waals surface area contributed by atoms with Gasteiger partial charge in [0.05, 0.1) is 0 Å². The van der Waals surface area contributed by atoms with Crippen molar-refractivity contribution < 1.29 is 0 Å². The highest BCUT2D eigenvalue weighted by Gasteiger charge is 2.32. The number of likely N-dealkylation sites (N-methyl/N-ethyl adjacent to an activating group) is 1. The van der Waals surface area contributed by atoms with Crippen molar-refractivity contribution in [2.24, 2.45) is 0 Å². The number of hydrogen-bond acceptors (Lipinski definition) is 3. The van der Waals surface area contributed by atoms with Crippen LogP contribution in [0.15, 0.2) is 17.5 Å². The molecule has 15 heavy (non-hydrogen) atoms. The van der Waals surface area contributed by atoms with Crippen molar-refractivity contribution >= 4 is 11.3 Å². The molecule has 0 aliphatic carbocycles. The molecule has 3 heteroatoms. The van der Waals surface area contributed by atoms with Crippen LogP contribution in [0.3, 0.4) is 0 Å². The van der Waals surface area contributed by atoms with Gasteiger partial charge in [0.1, 0.15) is 0 Å². The van der Waals surface area contributed by atoms with Crippen molar-refractivity contribution in [3.63, 3.8) is 0 Å². The fraction of sp³-hybridized carbons (Fsp3) is 0.667. The van der Waals surface area contributed by atoms with Gasteiger partial charge < -0.3 is 10.2 Å². The molecular weight excluding hydrogens is 204 g/mol. The second-order valence-electron chi connectivity index (χ2n) is 4.59. The maximum atomic E-state index is 3.56. The lowest BCUT2D eigenvalue weighted by atomic mass is 9.84. The number of likely N-dealkylation sites (tertiary alicyclic amines) is 1. The Morgan fingerprint density at radius 3 is 2.73 bits per heavy atom. The van der Waals surface area contributed by atoms with Crippen LogP contribution in [0.5, 0.6) is 0 Å². The molecule has 1 fully saturated rings. The van der Waals surface area contributed by atoms with Gasteiger partial charge in [0.15, 0.2) is 0 Å². The molecule has 0 spiro atoms. The number of piperidine rings is 1. The summed E-state index contributed by atoms with van der Waals surface area (Å²) in [5.74, 6) is 0. The highest BCUT2D eigenvalue weighted by atomic mass is 32.1. The van der Waals surface area contributed by atoms with Gasteiger partial charge in [-0.05, 0) is 51.5 Å². The van der Waals surface area contributed by atoms with Gasteiger partial charge in [-0.3, -0.25) is 0 Å². The first-order valence-electron chi connectivity index (χ1n) is 5.64. The number of nitrogens with zero attached hydrogens (tertiary/aromatic N) is 1. The molecule has 0 atom stereocenters. The van der Waals surface area contributed by atoms with Crippen molar-refractivity contribution in [1.29, 1.82) is 0 Å². The molecule has 84 valence electrons. The summed E-state index contributed by atoms with van der Waals surface area (Å²) >= 11 is 1.88. The Kier molecular flexibility index (Phi) is 3.44. The van der Waals surface area contributed by atoms with Gasteiger partial charge in [0.25, 0.3) is 0 Å². The van der Waals surface area contributed by atoms with Crippen molar-refractivity contribution in [2.75, 3.05) is 27.2 Å². The Morgan fingerprint density at radius 1 is 1.47 bits per heavy atom. The van der Waals surface area contributed by atoms with Gasteiger partial charge >= 0.3 is 0 Å². The van der Waals surface area contributed by atoms with Gasteiger partial charge in [-0.15, -0.1) is 11.3 Å². The zero-order valence-electron chi connectivity index (χ0n) is 9.62. The molecule has 1 aliphatic heterocycles. The van der Waals surface area contributed by atoms with E-state index in [1.807, 2.05) is 11.3 Å². The average molecular weight is 224 g/mol. The van der Waals surface area contributed by atoms with Crippen molar-refractivity contribution in [3.8, 4) is 0 Å². The summed E-state index contributed by atoms with van der Waals surface area (Å²) < 4.78 is 0. The van der Waals surface area contributed by atoms with E-state index in [9.17, 15) is 0 Å². The minimum atomic E-state index is 0.345. The first-order valence-corrected chi connectivity index (χ1v) is 6.52. The molecular formula is C12H20N2S. The lowest BCUT2D eigenvalue weighted by molar-refractivity contribution is 0.164. The van der Waals surface area contributed by atoms with Crippen LogP contribution in [-0.2, 0) is 6.42 Å². The zero-order chi connectivity index (χ0) is 10.7. The summed E-state index contributed by atoms with van der Waals surface area (Å²) in [5.41, 5.74) is 0.345. The van der Waals surface area contributed by atoms with Crippen LogP contribution in [0.1, 0.15) is 17.7 Å². The minimum Gasteiger partial charge on any atom is -0.314 e. The van der Waals surface area contributed by atoms with Crippen molar-refractivity contribution in [2.45, 2.75) is 24.8 Å². The van der Waals surface area contributed by atoms with E-state index < -0.39 is 0 Å². The third-order valence-corrected chi connectivity index (χ3v) is 4.44. The number of hydrogen-bond donors (Lipinski definition) is 1. The van der Waals surface area contributed by atoms with Crippen LogP contribution in [0.4, 0.5) is 0 Å². The smallest absolute Gasteiger partial charge is 0.0251 e. The molecule has 1 N–H and O–H groups in total. The molecule has 0 saturated carbocycles. The molecule has 0 aromatic carbocycles. The second kappa shape index (κ2) is 4.64. The van der Waals surface area contributed by atoms with E-state index in [4.69, 9.17) is 0 Å². The Hall–Kier alpha value is -0.380. The average Bonchev–Trinajstić information content (AvgIpc) is 2.75. The summed E-state index contributed by atoms with van der Waals surface area (Å²) in [7, 11) is 4.32. The molecule has 1 saturated heterocycles. The first-order chi connectivity index (χ1) is 7.24. The standard InChI is InChI=1S/C12H20N2S/c1-13-12(5-7-14(2)8-6-12)10-11-4-3-9-15-11/h3-4,9,13H,5-8,10H2,1-2H3. The maximum Gasteiger partial charge on any atom is 0.0251 e. The second-order valence-corrected chi connectivity index (χ2v) is 5.62. The topological polar surface area (TPSA) is 15.3 Å². The minimum absolute atomic E-state index is 0.345. The highest BCUT2D eigenvalue weighted by Crippen LogP contribution is 2.27. The molecule has 2 nitrogen and oxygen atoms in total. The zero-order valence-corrected chi connectivity index (χ0v) is 10.4. The van der Waals surface area contributed by atoms with E-state index in [0.717, 1.165) is 0 Å². The molecule has 0 unspecified atom stereocenters. The first kappa shape index (κ1) is 11.1. The Labute approximate surface area is 96.3 Å². The molecule has 0 amide bonds. The van der Waals surface area contributed by atoms with Gasteiger partial charge in [0, 0.05) is 16.8 Å². The van der Waals surface area contributed by atoms with Gasteiger partial charge in [-0.25, -0.2) is 0 Å². The lowest BCUT2D eigenvalue weighted by Crippen LogP contribution is -2.52. The fourth-order valence-corrected chi connectivity index (χ4v) is 3.16. The lowest BCUT2D eigenvalue weighted by Gasteiger charge is -2.40. The Bertz CT molecular complexity index is 287. The summed E-state index contributed by atoms with van der Waals surface area (Å²) in [6.07, 6.45) is 3.71. The largest absolute Gasteiger partial charge is 0.314 e. The number of rotatable bonds is 3. The van der Waals surface area contributed by atoms with E-state index in [1.54, 1.807) is 0 Å². The van der Waals surface area contributed by atoms with Crippen molar-refractivity contribution in [3.05, 3.63) is 22.4 Å². The molecule has 0 radical (unpaired) electrons. The van der Waals surface area contributed by atoms with E-state index >= 15 is 0 Å². The molecule has 2 heterocycles. The SMILES string of the molecule is CNC1(Cc2cccs2)CCN(C)CC1. The molecule has 1 aromatic heterocycles. The fourth-order valence-electron chi connectivity index (χ4n) is 2.31. The van der Waals surface area contributed by atoms with Crippen LogP contribution < -0.4 is 5.32 Å². The summed E-state index contributed by atoms with van der Waals surface area (Å²) in [5, 5.41) is 5.73. The monoisotopic (exact) mass is 224 g/mol. The van der Waals surface area contributed by atoms with Gasteiger partial charge in [0.2, 0.25) is 0 Å². The van der Waals surface area contributed by atoms with Crippen molar-refractivity contribution in [1.82, 2.24) is 10.2 Å². The van der Waals surface area contributed by atoms with E-state index in [2.05, 4.69) is 41.8 Å². The van der Waals surface area contributed by atoms with Crippen LogP contribution in [0.25, 0.3) is 0 Å². The third kappa shape index (κ3) is 2.60. The van der Waals surface area contributed by atoms with Crippen LogP contribution in [0, 0.1) is 0 Å². The number of thiophene rings is 1. The predicted molar refractivity (Wildman–Crippen MR) is 66.5 cm³/mol. The summed E-state index contributed by atoms with van der Waals surface area (Å²) in [6, 6.07) is 4.40. The Morgan fingerprint density at radius 2 is 2.20 bits per heavy atom. The predicted octanol–water partition coefficient (Wildman–Crippen LogP) is 1.97. The molecule has 1 aromatic rings. The van der Waals surface area contributed by atoms with E-state index in [0.29, 0.717) is 5.54 Å². The van der Waals surface area contributed by atoms with Gasteiger partial charge in [-0.2, -0.15) is 0 Å². The van der Waals surface area contributed by atoms with Gasteiger partial charge in [-0.1, -0.05) is 6.07 Å². The summed E-state index contributed by atoms with van der Waals surface area (Å²) in [6.45, 7) is 2.43. The molecule has 0 bridgehead atoms. The molecule has 1 aliphatic rings. The normalized spacial score (nSPS) is 21.7. The quantitative estimate of drug-likeness (QED) is 0.844. The highest BCUT2D eigenvalue weighted by molar-refractivity contribution is 7.09. The molecule has 2 rings (SSSR count). The van der Waals surface area contributed by atoms with Crippen LogP contribution in [0.2, 0.25) is 0 Å². The third-order valence-electron chi connectivity index (χ3n) is 3.57. The van der Waals surface area contributed by atoms with Crippen LogP contribution >= 0.6 is 11.3 Å². The van der Waals surface area contributed by atoms with Crippen LogP contribution in [-0.4, -0.2) is 37.6 Å². The van der Waals surface area contributed by atoms with E-state index in [1.165, 1.54) is 37.2 Å². The van der Waals surface area contributed by atoms with E-state index in [-0.39, 0.29) is 0 Å². The number of nitrogens with one attached hydrogen (secondary N) is 1. The maximum absolute atomic E-state index is 3.56. The Balaban J connectivity index is 2.02. The summed E-state index contributed by atoms with van der Waals surface area (Å²) in [4.78, 5) is 3.93.